The molecule has 72 heavy (non-hydrogen) atoms. The van der Waals surface area contributed by atoms with Crippen LogP contribution in [0, 0.1) is 11.8 Å². The van der Waals surface area contributed by atoms with Crippen LogP contribution < -0.4 is 22.5 Å². The molecule has 4 aromatic rings. The van der Waals surface area contributed by atoms with Crippen LogP contribution in [0.2, 0.25) is 0 Å². The van der Waals surface area contributed by atoms with Crippen molar-refractivity contribution in [3.8, 4) is 0 Å². The van der Waals surface area contributed by atoms with Gasteiger partial charge in [0, 0.05) is 6.04 Å². The van der Waals surface area contributed by atoms with Crippen molar-refractivity contribution in [2.45, 2.75) is 154 Å². The van der Waals surface area contributed by atoms with E-state index in [1.165, 1.54) is 0 Å². The maximum absolute atomic E-state index is 15.4. The number of carbonyl (C=O) groups excluding carboxylic acids is 6. The molecule has 16 nitrogen and oxygen atoms in total. The van der Waals surface area contributed by atoms with Crippen molar-refractivity contribution in [3.63, 3.8) is 0 Å². The number of aliphatic hydroxyl groups excluding tert-OH is 2. The molecule has 0 bridgehead atoms. The minimum absolute atomic E-state index is 0.0287. The Labute approximate surface area is 424 Å². The van der Waals surface area contributed by atoms with Crippen molar-refractivity contribution >= 4 is 35.7 Å². The first kappa shape index (κ1) is 58.3. The first-order chi connectivity index (χ1) is 33.7. The number of hydrogen-bond acceptors (Lipinski definition) is 13. The summed E-state index contributed by atoms with van der Waals surface area (Å²) in [5, 5.41) is 27.6. The molecule has 5 amide bonds. The maximum Gasteiger partial charge on any atom is 0.417 e. The van der Waals surface area contributed by atoms with Gasteiger partial charge >= 0.3 is 12.2 Å². The van der Waals surface area contributed by atoms with E-state index in [0.717, 1.165) is 4.90 Å². The van der Waals surface area contributed by atoms with Gasteiger partial charge in [-0.3, -0.25) is 19.2 Å². The Balaban J connectivity index is 1.80. The highest BCUT2D eigenvalue weighted by atomic mass is 16.6. The van der Waals surface area contributed by atoms with Gasteiger partial charge in [-0.1, -0.05) is 149 Å². The predicted molar refractivity (Wildman–Crippen MR) is 276 cm³/mol. The van der Waals surface area contributed by atoms with Crippen LogP contribution in [-0.2, 0) is 47.9 Å². The smallest absolute Gasteiger partial charge is 0.417 e. The van der Waals surface area contributed by atoms with Crippen LogP contribution in [0.3, 0.4) is 0 Å². The zero-order chi connectivity index (χ0) is 53.7. The van der Waals surface area contributed by atoms with E-state index in [1.54, 1.807) is 178 Å². The summed E-state index contributed by atoms with van der Waals surface area (Å²) in [4.78, 5) is 88.9. The van der Waals surface area contributed by atoms with Gasteiger partial charge in [0.05, 0.1) is 30.1 Å². The Hall–Kier alpha value is -6.30. The summed E-state index contributed by atoms with van der Waals surface area (Å²) in [5.74, 6) is -6.40. The highest BCUT2D eigenvalue weighted by Crippen LogP contribution is 2.31. The minimum atomic E-state index is -1.99. The molecular formula is C56H76N6O10. The van der Waals surface area contributed by atoms with Gasteiger partial charge in [-0.15, -0.1) is 0 Å². The van der Waals surface area contributed by atoms with E-state index in [4.69, 9.17) is 26.7 Å². The monoisotopic (exact) mass is 993 g/mol. The number of nitrogens with two attached hydrogens (primary N) is 3. The third kappa shape index (κ3) is 16.4. The summed E-state index contributed by atoms with van der Waals surface area (Å²) in [7, 11) is 0. The van der Waals surface area contributed by atoms with E-state index < -0.39 is 113 Å². The van der Waals surface area contributed by atoms with Crippen molar-refractivity contribution in [1.82, 2.24) is 15.1 Å². The number of amides is 5. The van der Waals surface area contributed by atoms with Gasteiger partial charge < -0.3 is 42.2 Å². The summed E-state index contributed by atoms with van der Waals surface area (Å²) < 4.78 is 11.4. The number of imide groups is 2. The Morgan fingerprint density at radius 3 is 1.24 bits per heavy atom. The van der Waals surface area contributed by atoms with Gasteiger partial charge in [0.15, 0.2) is 5.78 Å². The van der Waals surface area contributed by atoms with Gasteiger partial charge in [-0.25, -0.2) is 19.4 Å². The number of hydrogen-bond donors (Lipinski definition) is 6. The van der Waals surface area contributed by atoms with Crippen molar-refractivity contribution in [1.29, 1.82) is 0 Å². The van der Waals surface area contributed by atoms with Crippen molar-refractivity contribution in [2.75, 3.05) is 0 Å². The topological polar surface area (TPSA) is 258 Å². The summed E-state index contributed by atoms with van der Waals surface area (Å²) in [5.41, 5.74) is 20.1. The normalized spacial score (nSPS) is 15.7. The van der Waals surface area contributed by atoms with E-state index in [-0.39, 0.29) is 19.3 Å². The van der Waals surface area contributed by atoms with Crippen LogP contribution in [-0.4, -0.2) is 115 Å². The highest BCUT2D eigenvalue weighted by Gasteiger charge is 2.48. The van der Waals surface area contributed by atoms with Crippen molar-refractivity contribution in [3.05, 3.63) is 144 Å². The molecule has 1 unspecified atom stereocenters. The standard InChI is InChI=1S/C56H76N6O10/c1-34(2)45(61(53(69)71-55(5,6)7)51(67)40(57)31-36-23-15-11-16-24-36)48(64)43(39-29-21-14-22-30-39)44(59)49(65)47(63)42(33-38-27-19-13-20-28-38)60-50(66)46(35(3)4)62(54(70)72-56(8,9)10)52(68)41(58)32-37-25-17-12-18-26-37/h11-30,34-35,40-47,49,63,65H,31-33,57-59H2,1-10H3,(H,60,66)/t40-,41-,42-,43?,44-,45-,46-,47+,49+/m0/s1. The van der Waals surface area contributed by atoms with E-state index >= 15 is 4.79 Å². The largest absolute Gasteiger partial charge is 0.443 e. The summed E-state index contributed by atoms with van der Waals surface area (Å²) >= 11 is 0. The molecule has 4 aromatic carbocycles. The fourth-order valence-electron chi connectivity index (χ4n) is 8.52. The lowest BCUT2D eigenvalue weighted by Gasteiger charge is -2.39. The lowest BCUT2D eigenvalue weighted by molar-refractivity contribution is -0.143. The third-order valence-corrected chi connectivity index (χ3v) is 11.9. The second-order valence-corrected chi connectivity index (χ2v) is 21.0. The predicted octanol–water partition coefficient (Wildman–Crippen LogP) is 5.83. The Bertz CT molecular complexity index is 2390. The number of nitrogens with zero attached hydrogens (tertiary/aromatic N) is 2. The van der Waals surface area contributed by atoms with Crippen LogP contribution in [0.5, 0.6) is 0 Å². The molecule has 0 spiro atoms. The van der Waals surface area contributed by atoms with E-state index in [2.05, 4.69) is 5.32 Å². The molecule has 0 aliphatic rings. The first-order valence-electron chi connectivity index (χ1n) is 24.5. The van der Waals surface area contributed by atoms with Crippen molar-refractivity contribution in [2.24, 2.45) is 29.0 Å². The highest BCUT2D eigenvalue weighted by molar-refractivity contribution is 6.03. The fraction of sp³-hybridized carbons (Fsp3) is 0.464. The number of ketones is 1. The van der Waals surface area contributed by atoms with Gasteiger partial charge in [0.25, 0.3) is 0 Å². The van der Waals surface area contributed by atoms with Gasteiger partial charge in [-0.2, -0.15) is 0 Å². The average molecular weight is 993 g/mol. The quantitative estimate of drug-likeness (QED) is 0.0575. The molecule has 0 heterocycles. The molecule has 0 aromatic heterocycles. The molecule has 4 rings (SSSR count). The SMILES string of the molecule is CC(C)[C@@H](C(=O)N[C@@H](Cc1ccccc1)[C@@H](O)[C@H](O)[C@@H](N)C(C(=O)[C@H](C(C)C)N(C(=O)OC(C)(C)C)C(=O)[C@@H](N)Cc1ccccc1)c1ccccc1)N(C(=O)OC(C)(C)C)C(=O)[C@@H](N)Cc1ccccc1. The van der Waals surface area contributed by atoms with Crippen LogP contribution >= 0.6 is 0 Å². The zero-order valence-corrected chi connectivity index (χ0v) is 43.3. The molecule has 0 saturated carbocycles. The molecule has 0 radical (unpaired) electrons. The second-order valence-electron chi connectivity index (χ2n) is 21.0. The van der Waals surface area contributed by atoms with Crippen LogP contribution in [0.15, 0.2) is 121 Å². The average Bonchev–Trinajstić information content (AvgIpc) is 3.31. The summed E-state index contributed by atoms with van der Waals surface area (Å²) in [6, 6.07) is 26.1. The maximum atomic E-state index is 15.4. The number of rotatable bonds is 21. The minimum Gasteiger partial charge on any atom is -0.443 e. The summed E-state index contributed by atoms with van der Waals surface area (Å²) in [6.45, 7) is 16.2. The van der Waals surface area contributed by atoms with Gasteiger partial charge in [0.2, 0.25) is 17.7 Å². The second kappa shape index (κ2) is 25.9. The molecule has 9 N–H and O–H groups in total. The van der Waals surface area contributed by atoms with E-state index in [0.29, 0.717) is 27.2 Å². The molecule has 0 aliphatic heterocycles. The number of aliphatic hydroxyl groups is 2. The van der Waals surface area contributed by atoms with Gasteiger partial charge in [-0.05, 0) is 94.9 Å². The number of ether oxygens (including phenoxy) is 2. The number of Topliss-reactive ketones (excluding diaryl/α,β-unsaturated/α-hetero) is 1. The molecule has 16 heteroatoms. The molecule has 0 saturated heterocycles. The Morgan fingerprint density at radius 1 is 0.528 bits per heavy atom. The van der Waals surface area contributed by atoms with Crippen LogP contribution in [0.4, 0.5) is 9.59 Å². The zero-order valence-electron chi connectivity index (χ0n) is 43.3. The molecule has 9 atom stereocenters. The molecule has 390 valence electrons. The first-order valence-corrected chi connectivity index (χ1v) is 24.5. The Morgan fingerprint density at radius 2 is 0.875 bits per heavy atom. The van der Waals surface area contributed by atoms with Crippen molar-refractivity contribution < 1.29 is 48.5 Å². The third-order valence-electron chi connectivity index (χ3n) is 11.9. The number of benzene rings is 4. The lowest BCUT2D eigenvalue weighted by atomic mass is 9.77. The van der Waals surface area contributed by atoms with E-state index in [1.807, 2.05) is 12.1 Å². The lowest BCUT2D eigenvalue weighted by Crippen LogP contribution is -2.63. The van der Waals surface area contributed by atoms with Crippen LogP contribution in [0.25, 0.3) is 0 Å². The molecule has 0 fully saturated rings. The van der Waals surface area contributed by atoms with Gasteiger partial charge in [0.1, 0.15) is 29.4 Å². The summed E-state index contributed by atoms with van der Waals surface area (Å²) in [6.07, 6.45) is -6.19. The molecular weight excluding hydrogens is 917 g/mol. The molecule has 0 aliphatic carbocycles. The fourth-order valence-corrected chi connectivity index (χ4v) is 8.52. The Kier molecular flexibility index (Phi) is 21.0. The number of carbonyl (C=O) groups is 6. The number of nitrogens with one attached hydrogen (secondary N) is 1. The van der Waals surface area contributed by atoms with Crippen LogP contribution in [0.1, 0.15) is 97.4 Å². The van der Waals surface area contributed by atoms with E-state index in [9.17, 15) is 34.2 Å².